The largest absolute Gasteiger partial charge is 0.326 e. The Morgan fingerprint density at radius 1 is 1.23 bits per heavy atom. The molecular weight excluding hydrogens is 162 g/mol. The van der Waals surface area contributed by atoms with Gasteiger partial charge in [-0.3, -0.25) is 0 Å². The number of pyridine rings is 1. The van der Waals surface area contributed by atoms with E-state index in [4.69, 9.17) is 0 Å². The minimum absolute atomic E-state index is 0.0581. The molecule has 0 aliphatic carbocycles. The van der Waals surface area contributed by atoms with Crippen LogP contribution in [0.1, 0.15) is 20.8 Å². The number of hydrogen-bond acceptors (Lipinski definition) is 2. The minimum atomic E-state index is 0.0581. The smallest absolute Gasteiger partial charge is 0.160 e. The molecule has 3 heteroatoms. The van der Waals surface area contributed by atoms with Gasteiger partial charge in [0.05, 0.1) is 0 Å². The molecule has 0 atom stereocenters. The van der Waals surface area contributed by atoms with Gasteiger partial charge in [0.2, 0.25) is 0 Å². The molecule has 2 aliphatic heterocycles. The molecule has 2 rings (SSSR count). The van der Waals surface area contributed by atoms with Crippen molar-refractivity contribution < 1.29 is 0 Å². The lowest BCUT2D eigenvalue weighted by atomic mass is 10.1. The molecule has 0 saturated heterocycles. The van der Waals surface area contributed by atoms with E-state index in [1.807, 2.05) is 18.3 Å². The van der Waals surface area contributed by atoms with E-state index in [9.17, 15) is 0 Å². The second kappa shape index (κ2) is 2.55. The van der Waals surface area contributed by atoms with Gasteiger partial charge in [-0.2, -0.15) is 0 Å². The fourth-order valence-electron chi connectivity index (χ4n) is 1.40. The molecule has 0 radical (unpaired) electrons. The number of nitrogens with zero attached hydrogens (tertiary/aromatic N) is 3. The molecule has 0 spiro atoms. The lowest BCUT2D eigenvalue weighted by Crippen LogP contribution is -2.23. The Labute approximate surface area is 77.8 Å². The van der Waals surface area contributed by atoms with Crippen LogP contribution in [0, 0.1) is 0 Å². The highest BCUT2D eigenvalue weighted by Crippen LogP contribution is 2.23. The molecule has 0 aromatic rings. The van der Waals surface area contributed by atoms with Gasteiger partial charge in [-0.15, -0.1) is 0 Å². The van der Waals surface area contributed by atoms with Crippen LogP contribution in [0.3, 0.4) is 0 Å². The Hall–Kier alpha value is -1.38. The maximum absolute atomic E-state index is 4.24. The lowest BCUT2D eigenvalue weighted by Gasteiger charge is -2.25. The van der Waals surface area contributed by atoms with Crippen molar-refractivity contribution >= 4 is 0 Å². The summed E-state index contributed by atoms with van der Waals surface area (Å²) in [6.07, 6.45) is 3.64. The zero-order valence-electron chi connectivity index (χ0n) is 8.15. The summed E-state index contributed by atoms with van der Waals surface area (Å²) >= 11 is 0. The highest BCUT2D eigenvalue weighted by Gasteiger charge is 2.18. The lowest BCUT2D eigenvalue weighted by molar-refractivity contribution is 0.396. The Morgan fingerprint density at radius 2 is 2.00 bits per heavy atom. The standard InChI is InChI=1S/C10H13N3/c1-10(2,3)13-6-4-5-8-9(13)12-7-11-8/h4-7H,1-3H3. The zero-order valence-corrected chi connectivity index (χ0v) is 8.15. The van der Waals surface area contributed by atoms with Crippen molar-refractivity contribution in [3.05, 3.63) is 24.7 Å². The predicted molar refractivity (Wildman–Crippen MR) is 51.6 cm³/mol. The van der Waals surface area contributed by atoms with E-state index in [1.54, 1.807) is 6.33 Å². The van der Waals surface area contributed by atoms with Gasteiger partial charge in [0.15, 0.2) is 5.82 Å². The molecule has 0 aromatic carbocycles. The van der Waals surface area contributed by atoms with E-state index in [0.29, 0.717) is 0 Å². The second-order valence-corrected chi connectivity index (χ2v) is 4.13. The number of imidazole rings is 1. The van der Waals surface area contributed by atoms with E-state index >= 15 is 0 Å². The van der Waals surface area contributed by atoms with Crippen molar-refractivity contribution in [3.8, 4) is 11.5 Å². The first-order valence-electron chi connectivity index (χ1n) is 4.37. The monoisotopic (exact) mass is 175 g/mol. The van der Waals surface area contributed by atoms with Gasteiger partial charge in [0, 0.05) is 11.7 Å². The normalized spacial score (nSPS) is 12.2. The van der Waals surface area contributed by atoms with Gasteiger partial charge in [-0.25, -0.2) is 9.97 Å². The molecule has 0 fully saturated rings. The molecule has 3 nitrogen and oxygen atoms in total. The van der Waals surface area contributed by atoms with Crippen LogP contribution in [-0.2, 0) is 5.54 Å². The van der Waals surface area contributed by atoms with E-state index < -0.39 is 0 Å². The highest BCUT2D eigenvalue weighted by atomic mass is 15.1. The Balaban J connectivity index is 2.65. The topological polar surface area (TPSA) is 30.7 Å². The van der Waals surface area contributed by atoms with Crippen LogP contribution < -0.4 is 0 Å². The van der Waals surface area contributed by atoms with Crippen molar-refractivity contribution in [3.63, 3.8) is 0 Å². The van der Waals surface area contributed by atoms with Crippen molar-refractivity contribution in [2.45, 2.75) is 26.3 Å². The summed E-state index contributed by atoms with van der Waals surface area (Å²) in [4.78, 5) is 8.40. The number of rotatable bonds is 0. The van der Waals surface area contributed by atoms with Gasteiger partial charge >= 0.3 is 0 Å². The van der Waals surface area contributed by atoms with Crippen LogP contribution >= 0.6 is 0 Å². The summed E-state index contributed by atoms with van der Waals surface area (Å²) in [5, 5.41) is 0. The van der Waals surface area contributed by atoms with Crippen molar-refractivity contribution in [1.82, 2.24) is 14.5 Å². The maximum atomic E-state index is 4.24. The van der Waals surface area contributed by atoms with E-state index in [-0.39, 0.29) is 5.54 Å². The quantitative estimate of drug-likeness (QED) is 0.614. The highest BCUT2D eigenvalue weighted by molar-refractivity contribution is 5.51. The van der Waals surface area contributed by atoms with E-state index in [1.165, 1.54) is 0 Å². The molecule has 68 valence electrons. The van der Waals surface area contributed by atoms with Crippen LogP contribution in [0.15, 0.2) is 24.7 Å². The average Bonchev–Trinajstić information content (AvgIpc) is 2.48. The fraction of sp³-hybridized carbons (Fsp3) is 0.400. The van der Waals surface area contributed by atoms with Crippen molar-refractivity contribution in [1.29, 1.82) is 0 Å². The third kappa shape index (κ3) is 1.30. The fourth-order valence-corrected chi connectivity index (χ4v) is 1.40. The maximum Gasteiger partial charge on any atom is 0.160 e. The molecule has 0 aromatic heterocycles. The molecule has 0 bridgehead atoms. The Bertz CT molecular complexity index is 384. The van der Waals surface area contributed by atoms with Gasteiger partial charge in [-0.05, 0) is 32.9 Å². The summed E-state index contributed by atoms with van der Waals surface area (Å²) in [5.74, 6) is 0.954. The number of fused-ring (bicyclic) bond motifs is 1. The summed E-state index contributed by atoms with van der Waals surface area (Å²) in [6.45, 7) is 6.46. The van der Waals surface area contributed by atoms with Gasteiger partial charge in [-0.1, -0.05) is 0 Å². The molecule has 0 unspecified atom stereocenters. The molecule has 0 amide bonds. The molecule has 2 aliphatic rings. The molecular formula is C10H13N3. The van der Waals surface area contributed by atoms with Crippen LogP contribution in [0.2, 0.25) is 0 Å². The van der Waals surface area contributed by atoms with Gasteiger partial charge in [0.25, 0.3) is 0 Å². The molecule has 2 heterocycles. The van der Waals surface area contributed by atoms with Crippen molar-refractivity contribution in [2.75, 3.05) is 0 Å². The number of aromatic nitrogens is 3. The zero-order chi connectivity index (χ0) is 9.47. The first kappa shape index (κ1) is 8.23. The predicted octanol–water partition coefficient (Wildman–Crippen LogP) is 2.14. The van der Waals surface area contributed by atoms with E-state index in [2.05, 4.69) is 35.3 Å². The first-order chi connectivity index (χ1) is 6.09. The first-order valence-corrected chi connectivity index (χ1v) is 4.37. The second-order valence-electron chi connectivity index (χ2n) is 4.13. The molecule has 0 N–H and O–H groups in total. The summed E-state index contributed by atoms with van der Waals surface area (Å²) < 4.78 is 2.13. The summed E-state index contributed by atoms with van der Waals surface area (Å²) in [7, 11) is 0. The average molecular weight is 175 g/mol. The van der Waals surface area contributed by atoms with Crippen LogP contribution in [0.25, 0.3) is 11.5 Å². The van der Waals surface area contributed by atoms with Gasteiger partial charge in [0.1, 0.15) is 12.0 Å². The number of hydrogen-bond donors (Lipinski definition) is 0. The van der Waals surface area contributed by atoms with Crippen molar-refractivity contribution in [2.24, 2.45) is 0 Å². The van der Waals surface area contributed by atoms with Crippen LogP contribution in [-0.4, -0.2) is 14.5 Å². The Morgan fingerprint density at radius 3 is 2.69 bits per heavy atom. The Kier molecular flexibility index (Phi) is 1.62. The summed E-state index contributed by atoms with van der Waals surface area (Å²) in [5.41, 5.74) is 1.01. The molecule has 0 saturated carbocycles. The van der Waals surface area contributed by atoms with Crippen LogP contribution in [0.5, 0.6) is 0 Å². The SMILES string of the molecule is CC(C)(C)n1cccc2ncnc1-2. The molecule has 13 heavy (non-hydrogen) atoms. The van der Waals surface area contributed by atoms with Gasteiger partial charge < -0.3 is 4.57 Å². The van der Waals surface area contributed by atoms with E-state index in [0.717, 1.165) is 11.5 Å². The van der Waals surface area contributed by atoms with Crippen LogP contribution in [0.4, 0.5) is 0 Å². The minimum Gasteiger partial charge on any atom is -0.326 e. The third-order valence-electron chi connectivity index (χ3n) is 2.05. The summed E-state index contributed by atoms with van der Waals surface area (Å²) in [6, 6.07) is 3.98. The third-order valence-corrected chi connectivity index (χ3v) is 2.05.